The van der Waals surface area contributed by atoms with E-state index in [1.807, 2.05) is 0 Å². The van der Waals surface area contributed by atoms with Gasteiger partial charge >= 0.3 is 0 Å². The van der Waals surface area contributed by atoms with Gasteiger partial charge < -0.3 is 5.32 Å². The zero-order valence-corrected chi connectivity index (χ0v) is 14.0. The normalized spacial score (nSPS) is 13.2. The van der Waals surface area contributed by atoms with E-state index in [9.17, 15) is 14.5 Å². The van der Waals surface area contributed by atoms with Gasteiger partial charge in [0.15, 0.2) is 0 Å². The van der Waals surface area contributed by atoms with E-state index in [0.29, 0.717) is 6.54 Å². The summed E-state index contributed by atoms with van der Waals surface area (Å²) in [4.78, 5) is 13.1. The van der Waals surface area contributed by atoms with Crippen molar-refractivity contribution in [1.82, 2.24) is 0 Å². The van der Waals surface area contributed by atoms with Crippen molar-refractivity contribution in [1.29, 1.82) is 0 Å². The Balaban J connectivity index is 1.80. The third-order valence-corrected chi connectivity index (χ3v) is 5.55. The van der Waals surface area contributed by atoms with E-state index in [0.717, 1.165) is 17.7 Å². The molecular formula is C14H12FIN2O2S. The average molecular weight is 418 g/mol. The number of nitrogens with one attached hydrogen (secondary N) is 1. The molecule has 0 spiro atoms. The lowest BCUT2D eigenvalue weighted by atomic mass is 10.2. The minimum atomic E-state index is -0.488. The zero-order chi connectivity index (χ0) is 15.0. The Morgan fingerprint density at radius 2 is 2.19 bits per heavy atom. The fraction of sp³-hybridized carbons (Fsp3) is 0.286. The van der Waals surface area contributed by atoms with Crippen LogP contribution in [0.15, 0.2) is 18.2 Å². The molecule has 1 aliphatic carbocycles. The number of nitro benzene ring substituents is 1. The van der Waals surface area contributed by atoms with E-state index in [2.05, 4.69) is 11.4 Å². The number of halogens is 2. The molecule has 21 heavy (non-hydrogen) atoms. The van der Waals surface area contributed by atoms with Gasteiger partial charge in [-0.25, -0.2) is 4.39 Å². The number of rotatable bonds is 4. The molecule has 0 unspecified atom stereocenters. The van der Waals surface area contributed by atoms with E-state index in [-0.39, 0.29) is 14.9 Å². The second-order valence-electron chi connectivity index (χ2n) is 4.91. The number of nitrogens with zero attached hydrogens (tertiary/aromatic N) is 1. The van der Waals surface area contributed by atoms with Crippen molar-refractivity contribution in [3.05, 3.63) is 53.0 Å². The van der Waals surface area contributed by atoms with Crippen molar-refractivity contribution in [3.63, 3.8) is 0 Å². The largest absolute Gasteiger partial charge is 0.375 e. The summed E-state index contributed by atoms with van der Waals surface area (Å²) < 4.78 is 13.9. The predicted molar refractivity (Wildman–Crippen MR) is 89.4 cm³/mol. The van der Waals surface area contributed by atoms with Gasteiger partial charge in [0.1, 0.15) is 11.5 Å². The molecule has 1 aromatic heterocycles. The van der Waals surface area contributed by atoms with Crippen LogP contribution in [0, 0.1) is 19.5 Å². The molecule has 0 bridgehead atoms. The maximum Gasteiger partial charge on any atom is 0.293 e. The van der Waals surface area contributed by atoms with Crippen molar-refractivity contribution in [3.8, 4) is 0 Å². The summed E-state index contributed by atoms with van der Waals surface area (Å²) in [5, 5.41) is 14.0. The van der Waals surface area contributed by atoms with Gasteiger partial charge in [0.2, 0.25) is 0 Å². The van der Waals surface area contributed by atoms with Crippen molar-refractivity contribution in [2.24, 2.45) is 0 Å². The fourth-order valence-corrected chi connectivity index (χ4v) is 4.14. The number of hydrogen-bond donors (Lipinski definition) is 1. The quantitative estimate of drug-likeness (QED) is 0.452. The second kappa shape index (κ2) is 5.88. The summed E-state index contributed by atoms with van der Waals surface area (Å²) in [5.74, 6) is -0.447. The Kier molecular flexibility index (Phi) is 4.12. The lowest BCUT2D eigenvalue weighted by Gasteiger charge is -2.07. The van der Waals surface area contributed by atoms with Crippen LogP contribution < -0.4 is 5.32 Å². The molecule has 0 aliphatic heterocycles. The minimum absolute atomic E-state index is 0.0927. The molecule has 7 heteroatoms. The van der Waals surface area contributed by atoms with E-state index < -0.39 is 10.7 Å². The maximum atomic E-state index is 13.6. The molecule has 0 fully saturated rings. The van der Waals surface area contributed by atoms with Crippen LogP contribution in [0.25, 0.3) is 0 Å². The summed E-state index contributed by atoms with van der Waals surface area (Å²) >= 11 is 3.49. The standard InChI is InChI=1S/C14H12FIN2O2S/c15-10-5-12(13(18(19)20)6-11(10)16)17-7-9-4-8-2-1-3-14(8)21-9/h4-6,17H,1-3,7H2. The smallest absolute Gasteiger partial charge is 0.293 e. The predicted octanol–water partition coefficient (Wildman–Crippen LogP) is 4.50. The van der Waals surface area contributed by atoms with Crippen molar-refractivity contribution < 1.29 is 9.31 Å². The van der Waals surface area contributed by atoms with Crippen LogP contribution in [0.3, 0.4) is 0 Å². The van der Waals surface area contributed by atoms with Crippen LogP contribution in [-0.2, 0) is 19.4 Å². The number of thiophene rings is 1. The van der Waals surface area contributed by atoms with Crippen LogP contribution in [0.5, 0.6) is 0 Å². The van der Waals surface area contributed by atoms with Crippen molar-refractivity contribution in [2.75, 3.05) is 5.32 Å². The topological polar surface area (TPSA) is 55.2 Å². The molecule has 0 radical (unpaired) electrons. The lowest BCUT2D eigenvalue weighted by molar-refractivity contribution is -0.384. The summed E-state index contributed by atoms with van der Waals surface area (Å²) in [6.45, 7) is 0.485. The van der Waals surface area contributed by atoms with Crippen molar-refractivity contribution in [2.45, 2.75) is 25.8 Å². The van der Waals surface area contributed by atoms with Crippen LogP contribution in [-0.4, -0.2) is 4.92 Å². The summed E-state index contributed by atoms with van der Waals surface area (Å²) in [5.41, 5.74) is 1.52. The molecule has 3 rings (SSSR count). The molecule has 0 saturated heterocycles. The molecule has 2 aromatic rings. The van der Waals surface area contributed by atoms with Crippen LogP contribution in [0.4, 0.5) is 15.8 Å². The Bertz CT molecular complexity index is 696. The first-order valence-corrected chi connectivity index (χ1v) is 8.42. The zero-order valence-electron chi connectivity index (χ0n) is 11.0. The highest BCUT2D eigenvalue weighted by molar-refractivity contribution is 14.1. The van der Waals surface area contributed by atoms with Gasteiger partial charge in [-0.2, -0.15) is 0 Å². The molecule has 110 valence electrons. The van der Waals surface area contributed by atoms with Gasteiger partial charge in [0.25, 0.3) is 5.69 Å². The van der Waals surface area contributed by atoms with Gasteiger partial charge in [-0.05, 0) is 53.5 Å². The summed E-state index contributed by atoms with van der Waals surface area (Å²) in [6, 6.07) is 4.60. The first kappa shape index (κ1) is 14.7. The SMILES string of the molecule is O=[N+]([O-])c1cc(I)c(F)cc1NCc1cc2c(s1)CCC2. The third kappa shape index (κ3) is 3.03. The first-order valence-electron chi connectivity index (χ1n) is 6.52. The van der Waals surface area contributed by atoms with E-state index in [4.69, 9.17) is 0 Å². The Morgan fingerprint density at radius 1 is 1.38 bits per heavy atom. The van der Waals surface area contributed by atoms with E-state index in [1.165, 1.54) is 29.0 Å². The van der Waals surface area contributed by atoms with Gasteiger partial charge in [0.05, 0.1) is 8.49 Å². The highest BCUT2D eigenvalue weighted by Crippen LogP contribution is 2.33. The van der Waals surface area contributed by atoms with Gasteiger partial charge in [0, 0.05) is 28.4 Å². The number of aryl methyl sites for hydroxylation is 2. The van der Waals surface area contributed by atoms with Crippen LogP contribution in [0.1, 0.15) is 21.7 Å². The molecule has 1 aromatic carbocycles. The number of benzene rings is 1. The number of fused-ring (bicyclic) bond motifs is 1. The first-order chi connectivity index (χ1) is 10.0. The Labute approximate surface area is 138 Å². The molecule has 1 aliphatic rings. The molecule has 1 N–H and O–H groups in total. The van der Waals surface area contributed by atoms with Gasteiger partial charge in [-0.1, -0.05) is 0 Å². The lowest BCUT2D eigenvalue weighted by Crippen LogP contribution is -2.03. The summed E-state index contributed by atoms with van der Waals surface area (Å²) in [7, 11) is 0. The molecular weight excluding hydrogens is 406 g/mol. The van der Waals surface area contributed by atoms with Gasteiger partial charge in [-0.15, -0.1) is 11.3 Å². The Hall–Kier alpha value is -1.22. The average Bonchev–Trinajstić information content (AvgIpc) is 3.00. The number of nitro groups is 1. The molecule has 4 nitrogen and oxygen atoms in total. The highest BCUT2D eigenvalue weighted by atomic mass is 127. The van der Waals surface area contributed by atoms with Crippen LogP contribution >= 0.6 is 33.9 Å². The third-order valence-electron chi connectivity index (χ3n) is 3.49. The molecule has 0 atom stereocenters. The minimum Gasteiger partial charge on any atom is -0.375 e. The van der Waals surface area contributed by atoms with Crippen LogP contribution in [0.2, 0.25) is 0 Å². The molecule has 0 saturated carbocycles. The fourth-order valence-electron chi connectivity index (χ4n) is 2.49. The second-order valence-corrected chi connectivity index (χ2v) is 7.29. The monoisotopic (exact) mass is 418 g/mol. The number of hydrogen-bond acceptors (Lipinski definition) is 4. The van der Waals surface area contributed by atoms with E-state index >= 15 is 0 Å². The summed E-state index contributed by atoms with van der Waals surface area (Å²) in [6.07, 6.45) is 3.45. The molecule has 0 amide bonds. The Morgan fingerprint density at radius 3 is 2.90 bits per heavy atom. The van der Waals surface area contributed by atoms with E-state index in [1.54, 1.807) is 33.9 Å². The maximum absolute atomic E-state index is 13.6. The number of anilines is 1. The highest BCUT2D eigenvalue weighted by Gasteiger charge is 2.19. The van der Waals surface area contributed by atoms with Crippen molar-refractivity contribution >= 4 is 45.3 Å². The van der Waals surface area contributed by atoms with Gasteiger partial charge in [-0.3, -0.25) is 10.1 Å². The molecule has 1 heterocycles.